The quantitative estimate of drug-likeness (QED) is 0.861. The third-order valence-corrected chi connectivity index (χ3v) is 3.57. The van der Waals surface area contributed by atoms with Crippen LogP contribution in [0.2, 0.25) is 0 Å². The van der Waals surface area contributed by atoms with Crippen molar-refractivity contribution < 1.29 is 9.21 Å². The van der Waals surface area contributed by atoms with E-state index >= 15 is 0 Å². The van der Waals surface area contributed by atoms with Crippen LogP contribution in [0.1, 0.15) is 45.6 Å². The van der Waals surface area contributed by atoms with Crippen molar-refractivity contribution in [1.82, 2.24) is 4.90 Å². The first-order chi connectivity index (χ1) is 8.86. The molecule has 0 saturated carbocycles. The van der Waals surface area contributed by atoms with E-state index in [2.05, 4.69) is 0 Å². The number of furan rings is 1. The summed E-state index contributed by atoms with van der Waals surface area (Å²) in [5.41, 5.74) is 6.05. The lowest BCUT2D eigenvalue weighted by atomic mass is 9.98. The molecule has 1 rings (SSSR count). The van der Waals surface area contributed by atoms with Gasteiger partial charge in [-0.15, -0.1) is 0 Å². The van der Waals surface area contributed by atoms with E-state index in [1.54, 1.807) is 4.90 Å². The molecule has 1 heterocycles. The predicted molar refractivity (Wildman–Crippen MR) is 76.6 cm³/mol. The van der Waals surface area contributed by atoms with Crippen LogP contribution in [-0.2, 0) is 11.3 Å². The van der Waals surface area contributed by atoms with E-state index < -0.39 is 6.04 Å². The highest BCUT2D eigenvalue weighted by molar-refractivity contribution is 5.82. The van der Waals surface area contributed by atoms with Crippen LogP contribution in [0.25, 0.3) is 0 Å². The van der Waals surface area contributed by atoms with Gasteiger partial charge in [0.1, 0.15) is 11.5 Å². The second-order valence-electron chi connectivity index (χ2n) is 5.48. The largest absolute Gasteiger partial charge is 0.464 e. The highest BCUT2D eigenvalue weighted by atomic mass is 16.3. The summed E-state index contributed by atoms with van der Waals surface area (Å²) in [6.07, 6.45) is 0.901. The van der Waals surface area contributed by atoms with E-state index in [1.165, 1.54) is 0 Å². The number of aryl methyl sites for hydroxylation is 1. The summed E-state index contributed by atoms with van der Waals surface area (Å²) in [5, 5.41) is 0. The Labute approximate surface area is 116 Å². The zero-order chi connectivity index (χ0) is 14.6. The number of carbonyl (C=O) groups is 1. The summed E-state index contributed by atoms with van der Waals surface area (Å²) in [6, 6.07) is 3.48. The Balaban J connectivity index is 2.80. The van der Waals surface area contributed by atoms with Crippen molar-refractivity contribution in [1.29, 1.82) is 0 Å². The molecule has 0 aliphatic rings. The fraction of sp³-hybridized carbons (Fsp3) is 0.667. The first kappa shape index (κ1) is 15.8. The van der Waals surface area contributed by atoms with Crippen molar-refractivity contribution in [2.24, 2.45) is 11.7 Å². The third-order valence-electron chi connectivity index (χ3n) is 3.57. The van der Waals surface area contributed by atoms with Gasteiger partial charge in [-0.1, -0.05) is 20.3 Å². The fourth-order valence-corrected chi connectivity index (χ4v) is 1.94. The molecule has 1 aromatic rings. The number of rotatable bonds is 6. The normalized spacial score (nSPS) is 14.5. The van der Waals surface area contributed by atoms with Crippen molar-refractivity contribution in [3.05, 3.63) is 23.7 Å². The molecular formula is C15H26N2O2. The fourth-order valence-electron chi connectivity index (χ4n) is 1.94. The second-order valence-corrected chi connectivity index (χ2v) is 5.48. The molecular weight excluding hydrogens is 240 g/mol. The topological polar surface area (TPSA) is 59.5 Å². The molecule has 0 fully saturated rings. The smallest absolute Gasteiger partial charge is 0.240 e. The molecule has 0 aliphatic carbocycles. The Kier molecular flexibility index (Phi) is 5.60. The zero-order valence-electron chi connectivity index (χ0n) is 12.6. The Morgan fingerprint density at radius 1 is 1.37 bits per heavy atom. The van der Waals surface area contributed by atoms with Crippen LogP contribution < -0.4 is 5.73 Å². The lowest BCUT2D eigenvalue weighted by Gasteiger charge is -2.30. The Hall–Kier alpha value is -1.29. The van der Waals surface area contributed by atoms with Crippen molar-refractivity contribution in [3.8, 4) is 0 Å². The van der Waals surface area contributed by atoms with Crippen molar-refractivity contribution in [2.75, 3.05) is 0 Å². The third kappa shape index (κ3) is 4.10. The van der Waals surface area contributed by atoms with Gasteiger partial charge in [-0.2, -0.15) is 0 Å². The standard InChI is InChI=1S/C15H26N2O2/c1-6-11(4)14(16)15(18)17(10(2)3)9-13-8-7-12(5)19-13/h7-8,10-11,14H,6,9,16H2,1-5H3/t11?,14-/m0/s1. The molecule has 0 radical (unpaired) electrons. The SMILES string of the molecule is CCC(C)[C@H](N)C(=O)N(Cc1ccc(C)o1)C(C)C. The molecule has 0 aliphatic heterocycles. The molecule has 1 amide bonds. The van der Waals surface area contributed by atoms with Crippen LogP contribution in [0.4, 0.5) is 0 Å². The van der Waals surface area contributed by atoms with Crippen LogP contribution in [0.5, 0.6) is 0 Å². The number of hydrogen-bond donors (Lipinski definition) is 1. The minimum atomic E-state index is -0.441. The van der Waals surface area contributed by atoms with E-state index in [0.717, 1.165) is 17.9 Å². The van der Waals surface area contributed by atoms with Crippen LogP contribution in [0, 0.1) is 12.8 Å². The average Bonchev–Trinajstić information content (AvgIpc) is 2.78. The summed E-state index contributed by atoms with van der Waals surface area (Å²) >= 11 is 0. The van der Waals surface area contributed by atoms with E-state index in [1.807, 2.05) is 46.8 Å². The monoisotopic (exact) mass is 266 g/mol. The van der Waals surface area contributed by atoms with Crippen LogP contribution in [0.3, 0.4) is 0 Å². The maximum Gasteiger partial charge on any atom is 0.240 e. The van der Waals surface area contributed by atoms with Gasteiger partial charge in [-0.3, -0.25) is 4.79 Å². The van der Waals surface area contributed by atoms with E-state index in [4.69, 9.17) is 10.2 Å². The Morgan fingerprint density at radius 3 is 2.42 bits per heavy atom. The second kappa shape index (κ2) is 6.75. The number of carbonyl (C=O) groups excluding carboxylic acids is 1. The summed E-state index contributed by atoms with van der Waals surface area (Å²) in [4.78, 5) is 14.2. The van der Waals surface area contributed by atoms with Gasteiger partial charge in [0.05, 0.1) is 12.6 Å². The van der Waals surface area contributed by atoms with Crippen LogP contribution in [-0.4, -0.2) is 22.9 Å². The molecule has 2 N–H and O–H groups in total. The van der Waals surface area contributed by atoms with Gasteiger partial charge < -0.3 is 15.1 Å². The van der Waals surface area contributed by atoms with E-state index in [0.29, 0.717) is 6.54 Å². The highest BCUT2D eigenvalue weighted by Gasteiger charge is 2.27. The van der Waals surface area contributed by atoms with Crippen molar-refractivity contribution in [2.45, 2.75) is 59.7 Å². The number of amides is 1. The molecule has 108 valence electrons. The molecule has 4 heteroatoms. The summed E-state index contributed by atoms with van der Waals surface area (Å²) in [5.74, 6) is 1.85. The molecule has 0 spiro atoms. The minimum absolute atomic E-state index is 0.00148. The Bertz CT molecular complexity index is 412. The Morgan fingerprint density at radius 2 is 2.00 bits per heavy atom. The minimum Gasteiger partial charge on any atom is -0.464 e. The first-order valence-corrected chi connectivity index (χ1v) is 6.98. The van der Waals surface area contributed by atoms with Gasteiger partial charge >= 0.3 is 0 Å². The average molecular weight is 266 g/mol. The van der Waals surface area contributed by atoms with Crippen LogP contribution >= 0.6 is 0 Å². The first-order valence-electron chi connectivity index (χ1n) is 6.98. The van der Waals surface area contributed by atoms with Crippen molar-refractivity contribution in [3.63, 3.8) is 0 Å². The number of hydrogen-bond acceptors (Lipinski definition) is 3. The molecule has 0 saturated heterocycles. The van der Waals surface area contributed by atoms with Gasteiger partial charge in [0.2, 0.25) is 5.91 Å². The maximum absolute atomic E-state index is 12.5. The molecule has 19 heavy (non-hydrogen) atoms. The number of nitrogens with two attached hydrogens (primary N) is 1. The maximum atomic E-state index is 12.5. The van der Waals surface area contributed by atoms with Gasteiger partial charge in [-0.25, -0.2) is 0 Å². The van der Waals surface area contributed by atoms with E-state index in [-0.39, 0.29) is 17.9 Å². The summed E-state index contributed by atoms with van der Waals surface area (Å²) in [6.45, 7) is 10.4. The van der Waals surface area contributed by atoms with E-state index in [9.17, 15) is 4.79 Å². The molecule has 4 nitrogen and oxygen atoms in total. The molecule has 0 aromatic carbocycles. The molecule has 1 unspecified atom stereocenters. The van der Waals surface area contributed by atoms with Crippen LogP contribution in [0.15, 0.2) is 16.5 Å². The predicted octanol–water partition coefficient (Wildman–Crippen LogP) is 2.70. The van der Waals surface area contributed by atoms with Gasteiger partial charge in [0.15, 0.2) is 0 Å². The molecule has 0 bridgehead atoms. The highest BCUT2D eigenvalue weighted by Crippen LogP contribution is 2.15. The lowest BCUT2D eigenvalue weighted by molar-refractivity contribution is -0.136. The molecule has 1 aromatic heterocycles. The lowest BCUT2D eigenvalue weighted by Crippen LogP contribution is -2.49. The van der Waals surface area contributed by atoms with Gasteiger partial charge in [0.25, 0.3) is 0 Å². The summed E-state index contributed by atoms with van der Waals surface area (Å²) in [7, 11) is 0. The number of nitrogens with zero attached hydrogens (tertiary/aromatic N) is 1. The summed E-state index contributed by atoms with van der Waals surface area (Å²) < 4.78 is 5.55. The van der Waals surface area contributed by atoms with Gasteiger partial charge in [0, 0.05) is 6.04 Å². The molecule has 2 atom stereocenters. The van der Waals surface area contributed by atoms with Crippen molar-refractivity contribution >= 4 is 5.91 Å². The zero-order valence-corrected chi connectivity index (χ0v) is 12.6. The van der Waals surface area contributed by atoms with Gasteiger partial charge in [-0.05, 0) is 38.8 Å².